The molecule has 2 aromatic carbocycles. The van der Waals surface area contributed by atoms with Crippen molar-refractivity contribution in [1.29, 1.82) is 0 Å². The van der Waals surface area contributed by atoms with Gasteiger partial charge in [-0.05, 0) is 18.2 Å². The van der Waals surface area contributed by atoms with Gasteiger partial charge in [0.15, 0.2) is 0 Å². The first-order chi connectivity index (χ1) is 11.8. The molecule has 0 aromatic heterocycles. The van der Waals surface area contributed by atoms with Gasteiger partial charge in [-0.25, -0.2) is 0 Å². The first-order valence-electron chi connectivity index (χ1n) is 8.25. The average molecular weight is 345 g/mol. The number of nitrogens with zero attached hydrogens (tertiary/aromatic N) is 2. The lowest BCUT2D eigenvalue weighted by Gasteiger charge is -2.30. The van der Waals surface area contributed by atoms with Gasteiger partial charge in [-0.2, -0.15) is 5.10 Å². The van der Waals surface area contributed by atoms with Crippen molar-refractivity contribution in [3.05, 3.63) is 64.7 Å². The third kappa shape index (κ3) is 4.28. The maximum absolute atomic E-state index is 6.26. The highest BCUT2D eigenvalue weighted by molar-refractivity contribution is 6.31. The standard InChI is InChI=1S/C19H22ClN3O/c1-24-19-9-5-3-6-16(19)14-21-23-12-10-22(11-13-23)15-17-7-2-4-8-18(17)20/h2-9,14H,10-13,15H2,1H3/p+1/b21-14-. The zero-order valence-electron chi connectivity index (χ0n) is 13.9. The van der Waals surface area contributed by atoms with E-state index in [2.05, 4.69) is 22.2 Å². The molecule has 0 atom stereocenters. The number of rotatable bonds is 5. The van der Waals surface area contributed by atoms with Crippen LogP contribution in [-0.4, -0.2) is 44.5 Å². The molecule has 1 N–H and O–H groups in total. The normalized spacial score (nSPS) is 15.8. The number of piperazine rings is 1. The van der Waals surface area contributed by atoms with Crippen molar-refractivity contribution in [2.75, 3.05) is 33.3 Å². The molecule has 0 bridgehead atoms. The lowest BCUT2D eigenvalue weighted by atomic mass is 10.2. The molecule has 0 unspecified atom stereocenters. The largest absolute Gasteiger partial charge is 0.496 e. The van der Waals surface area contributed by atoms with Gasteiger partial charge in [-0.15, -0.1) is 0 Å². The van der Waals surface area contributed by atoms with Crippen molar-refractivity contribution in [1.82, 2.24) is 5.01 Å². The van der Waals surface area contributed by atoms with Gasteiger partial charge >= 0.3 is 0 Å². The topological polar surface area (TPSA) is 29.3 Å². The Morgan fingerprint density at radius 3 is 2.58 bits per heavy atom. The van der Waals surface area contributed by atoms with Crippen LogP contribution in [0.4, 0.5) is 0 Å². The van der Waals surface area contributed by atoms with Gasteiger partial charge in [0, 0.05) is 16.1 Å². The fourth-order valence-electron chi connectivity index (χ4n) is 2.93. The van der Waals surface area contributed by atoms with Crippen LogP contribution in [0.2, 0.25) is 5.02 Å². The Balaban J connectivity index is 1.54. The minimum Gasteiger partial charge on any atom is -0.496 e. The van der Waals surface area contributed by atoms with E-state index in [-0.39, 0.29) is 0 Å². The monoisotopic (exact) mass is 344 g/mol. The number of nitrogens with one attached hydrogen (secondary N) is 1. The van der Waals surface area contributed by atoms with Gasteiger partial charge in [0.2, 0.25) is 0 Å². The summed E-state index contributed by atoms with van der Waals surface area (Å²) in [6.45, 7) is 5.00. The van der Waals surface area contributed by atoms with Crippen molar-refractivity contribution < 1.29 is 9.64 Å². The molecule has 1 fully saturated rings. The molecule has 0 spiro atoms. The second-order valence-electron chi connectivity index (χ2n) is 5.96. The number of hydrazone groups is 1. The summed E-state index contributed by atoms with van der Waals surface area (Å²) in [5, 5.41) is 7.60. The summed E-state index contributed by atoms with van der Waals surface area (Å²) in [6, 6.07) is 16.0. The number of halogens is 1. The highest BCUT2D eigenvalue weighted by atomic mass is 35.5. The quantitative estimate of drug-likeness (QED) is 0.842. The van der Waals surface area contributed by atoms with E-state index in [0.717, 1.165) is 49.1 Å². The molecule has 2 aromatic rings. The van der Waals surface area contributed by atoms with Crippen LogP contribution in [0.25, 0.3) is 0 Å². The van der Waals surface area contributed by atoms with Crippen molar-refractivity contribution in [3.8, 4) is 5.75 Å². The van der Waals surface area contributed by atoms with Crippen LogP contribution >= 0.6 is 11.6 Å². The van der Waals surface area contributed by atoms with Gasteiger partial charge < -0.3 is 9.64 Å². The zero-order chi connectivity index (χ0) is 16.8. The summed E-state index contributed by atoms with van der Waals surface area (Å²) >= 11 is 6.26. The molecule has 4 nitrogen and oxygen atoms in total. The number of benzene rings is 2. The van der Waals surface area contributed by atoms with Crippen LogP contribution in [-0.2, 0) is 6.54 Å². The van der Waals surface area contributed by atoms with E-state index in [1.54, 1.807) is 12.0 Å². The van der Waals surface area contributed by atoms with Gasteiger partial charge in [0.05, 0.1) is 39.5 Å². The summed E-state index contributed by atoms with van der Waals surface area (Å²) in [5.74, 6) is 0.851. The van der Waals surface area contributed by atoms with Crippen molar-refractivity contribution >= 4 is 17.8 Å². The summed E-state index contributed by atoms with van der Waals surface area (Å²) in [6.07, 6.45) is 1.89. The fourth-order valence-corrected chi connectivity index (χ4v) is 3.13. The highest BCUT2D eigenvalue weighted by Gasteiger charge is 2.19. The van der Waals surface area contributed by atoms with Crippen LogP contribution in [0.15, 0.2) is 53.6 Å². The summed E-state index contributed by atoms with van der Waals surface area (Å²) in [7, 11) is 1.68. The van der Waals surface area contributed by atoms with Crippen LogP contribution in [0.1, 0.15) is 11.1 Å². The number of hydrogen-bond donors (Lipinski definition) is 1. The molecule has 1 saturated heterocycles. The molecule has 126 valence electrons. The lowest BCUT2D eigenvalue weighted by Crippen LogP contribution is -3.13. The fraction of sp³-hybridized carbons (Fsp3) is 0.316. The van der Waals surface area contributed by atoms with Crippen LogP contribution in [0, 0.1) is 0 Å². The molecule has 0 radical (unpaired) electrons. The van der Waals surface area contributed by atoms with E-state index >= 15 is 0 Å². The SMILES string of the molecule is COc1ccccc1/C=N\N1CC[NH+](Cc2ccccc2Cl)CC1. The van der Waals surface area contributed by atoms with E-state index in [4.69, 9.17) is 16.3 Å². The van der Waals surface area contributed by atoms with E-state index in [1.165, 1.54) is 5.56 Å². The summed E-state index contributed by atoms with van der Waals surface area (Å²) in [4.78, 5) is 1.55. The highest BCUT2D eigenvalue weighted by Crippen LogP contribution is 2.15. The molecule has 1 aliphatic heterocycles. The number of para-hydroxylation sites is 1. The van der Waals surface area contributed by atoms with Crippen molar-refractivity contribution in [3.63, 3.8) is 0 Å². The maximum Gasteiger partial charge on any atom is 0.127 e. The molecule has 3 rings (SSSR count). The second-order valence-corrected chi connectivity index (χ2v) is 6.37. The third-order valence-electron chi connectivity index (χ3n) is 4.34. The minimum absolute atomic E-state index is 0.851. The Labute approximate surface area is 148 Å². The molecule has 1 heterocycles. The molecule has 0 amide bonds. The van der Waals surface area contributed by atoms with E-state index in [1.807, 2.05) is 42.6 Å². The first kappa shape index (κ1) is 16.8. The molecule has 24 heavy (non-hydrogen) atoms. The van der Waals surface area contributed by atoms with Gasteiger partial charge in [0.1, 0.15) is 12.3 Å². The molecular formula is C19H23ClN3O+. The predicted octanol–water partition coefficient (Wildman–Crippen LogP) is 2.08. The van der Waals surface area contributed by atoms with Gasteiger partial charge in [-0.1, -0.05) is 41.9 Å². The maximum atomic E-state index is 6.26. The van der Waals surface area contributed by atoms with Crippen molar-refractivity contribution in [2.45, 2.75) is 6.54 Å². The smallest absolute Gasteiger partial charge is 0.127 e. The predicted molar refractivity (Wildman–Crippen MR) is 98.0 cm³/mol. The van der Waals surface area contributed by atoms with E-state index in [0.29, 0.717) is 0 Å². The van der Waals surface area contributed by atoms with Crippen LogP contribution < -0.4 is 9.64 Å². The summed E-state index contributed by atoms with van der Waals surface area (Å²) < 4.78 is 5.35. The number of quaternary nitrogens is 1. The van der Waals surface area contributed by atoms with Crippen LogP contribution in [0.3, 0.4) is 0 Å². The Bertz CT molecular complexity index is 697. The first-order valence-corrected chi connectivity index (χ1v) is 8.63. The third-order valence-corrected chi connectivity index (χ3v) is 4.71. The Morgan fingerprint density at radius 2 is 1.83 bits per heavy atom. The number of methoxy groups -OCH3 is 1. The lowest BCUT2D eigenvalue weighted by molar-refractivity contribution is -0.918. The minimum atomic E-state index is 0.851. The second kappa shape index (κ2) is 8.18. The number of ether oxygens (including phenoxy) is 1. The molecule has 0 aliphatic carbocycles. The average Bonchev–Trinajstić information content (AvgIpc) is 2.63. The molecule has 5 heteroatoms. The van der Waals surface area contributed by atoms with Gasteiger partial charge in [0.25, 0.3) is 0 Å². The molecule has 1 aliphatic rings. The van der Waals surface area contributed by atoms with Crippen LogP contribution in [0.5, 0.6) is 5.75 Å². The Hall–Kier alpha value is -2.04. The van der Waals surface area contributed by atoms with Gasteiger partial charge in [-0.3, -0.25) is 5.01 Å². The Morgan fingerprint density at radius 1 is 1.12 bits per heavy atom. The van der Waals surface area contributed by atoms with E-state index in [9.17, 15) is 0 Å². The molecular weight excluding hydrogens is 322 g/mol. The Kier molecular flexibility index (Phi) is 5.72. The van der Waals surface area contributed by atoms with Crippen molar-refractivity contribution in [2.24, 2.45) is 5.10 Å². The number of hydrogen-bond acceptors (Lipinski definition) is 3. The zero-order valence-corrected chi connectivity index (χ0v) is 14.7. The summed E-state index contributed by atoms with van der Waals surface area (Å²) in [5.41, 5.74) is 2.23. The molecule has 0 saturated carbocycles. The van der Waals surface area contributed by atoms with E-state index < -0.39 is 0 Å².